The Hall–Kier alpha value is -2.86. The molecule has 156 valence electrons. The number of pyridine rings is 1. The van der Waals surface area contributed by atoms with Gasteiger partial charge >= 0.3 is 0 Å². The van der Waals surface area contributed by atoms with Gasteiger partial charge in [0.05, 0.1) is 13.7 Å². The van der Waals surface area contributed by atoms with Crippen LogP contribution in [0.3, 0.4) is 0 Å². The van der Waals surface area contributed by atoms with Crippen LogP contribution in [-0.4, -0.2) is 28.1 Å². The molecule has 1 fully saturated rings. The molecule has 0 bridgehead atoms. The molecule has 2 aromatic carbocycles. The van der Waals surface area contributed by atoms with Crippen LogP contribution in [0.4, 0.5) is 5.69 Å². The van der Waals surface area contributed by atoms with Gasteiger partial charge in [0.25, 0.3) is 5.56 Å². The van der Waals surface area contributed by atoms with Gasteiger partial charge in [-0.15, -0.1) is 0 Å². The van der Waals surface area contributed by atoms with Crippen LogP contribution in [0.5, 0.6) is 5.75 Å². The second-order valence-corrected chi connectivity index (χ2v) is 8.33. The molecule has 0 unspecified atom stereocenters. The van der Waals surface area contributed by atoms with Crippen molar-refractivity contribution in [3.8, 4) is 5.75 Å². The van der Waals surface area contributed by atoms with Crippen LogP contribution in [0.25, 0.3) is 10.9 Å². The summed E-state index contributed by atoms with van der Waals surface area (Å²) in [5.41, 5.74) is 3.59. The summed E-state index contributed by atoms with van der Waals surface area (Å²) in [6.07, 6.45) is 4.57. The van der Waals surface area contributed by atoms with Gasteiger partial charge in [-0.25, -0.2) is 0 Å². The number of anilines is 1. The number of nitrogens with one attached hydrogen (secondary N) is 2. The molecule has 1 saturated carbocycles. The van der Waals surface area contributed by atoms with Gasteiger partial charge in [-0.3, -0.25) is 4.79 Å². The Balaban J connectivity index is 1.60. The van der Waals surface area contributed by atoms with Crippen molar-refractivity contribution < 1.29 is 4.74 Å². The number of H-pyrrole nitrogens is 1. The monoisotopic (exact) mass is 421 g/mol. The number of nitrogens with zero attached hydrogens (tertiary/aromatic N) is 1. The lowest BCUT2D eigenvalue weighted by Gasteiger charge is -2.31. The highest BCUT2D eigenvalue weighted by Crippen LogP contribution is 2.26. The summed E-state index contributed by atoms with van der Waals surface area (Å²) in [7, 11) is 1.65. The summed E-state index contributed by atoms with van der Waals surface area (Å²) < 4.78 is 5.23. The van der Waals surface area contributed by atoms with Crippen molar-refractivity contribution in [1.29, 1.82) is 0 Å². The van der Waals surface area contributed by atoms with Crippen molar-refractivity contribution in [2.75, 3.05) is 12.4 Å². The Bertz CT molecular complexity index is 1100. The summed E-state index contributed by atoms with van der Waals surface area (Å²) in [5.74, 6) is 0.803. The lowest BCUT2D eigenvalue weighted by Crippen LogP contribution is -2.42. The first-order valence-electron chi connectivity index (χ1n) is 10.4. The standard InChI is InChI=1S/C24H27N3O2S/c1-16-7-8-17-14-18(23(28)26-22(17)13-16)15-27(20-5-3-4-6-20)24(30)25-19-9-11-21(29-2)12-10-19/h7-14,20H,3-6,15H2,1-2H3,(H,25,30)(H,26,28). The number of ether oxygens (including phenoxy) is 1. The van der Waals surface area contributed by atoms with E-state index in [2.05, 4.69) is 27.3 Å². The number of aromatic amines is 1. The zero-order valence-corrected chi connectivity index (χ0v) is 18.2. The fraction of sp³-hybridized carbons (Fsp3) is 0.333. The maximum atomic E-state index is 12.8. The molecule has 1 heterocycles. The number of hydrogen-bond acceptors (Lipinski definition) is 3. The lowest BCUT2D eigenvalue weighted by atomic mass is 10.1. The maximum Gasteiger partial charge on any atom is 0.253 e. The third-order valence-corrected chi connectivity index (χ3v) is 6.12. The topological polar surface area (TPSA) is 57.4 Å². The zero-order valence-electron chi connectivity index (χ0n) is 17.4. The summed E-state index contributed by atoms with van der Waals surface area (Å²) in [6, 6.07) is 16.2. The molecule has 3 aromatic rings. The minimum Gasteiger partial charge on any atom is -0.497 e. The molecule has 0 radical (unpaired) electrons. The zero-order chi connectivity index (χ0) is 21.1. The molecule has 1 aromatic heterocycles. The molecule has 4 rings (SSSR count). The first-order chi connectivity index (χ1) is 14.5. The summed E-state index contributed by atoms with van der Waals surface area (Å²) in [5, 5.41) is 5.03. The molecule has 6 heteroatoms. The fourth-order valence-corrected chi connectivity index (χ4v) is 4.44. The van der Waals surface area contributed by atoms with Crippen molar-refractivity contribution in [1.82, 2.24) is 9.88 Å². The molecule has 0 saturated heterocycles. The number of fused-ring (bicyclic) bond motifs is 1. The third-order valence-electron chi connectivity index (χ3n) is 5.79. The molecule has 30 heavy (non-hydrogen) atoms. The SMILES string of the molecule is COc1ccc(NC(=S)N(Cc2cc3ccc(C)cc3[nH]c2=O)C2CCCC2)cc1. The van der Waals surface area contributed by atoms with Crippen molar-refractivity contribution in [3.05, 3.63) is 70.0 Å². The molecular weight excluding hydrogens is 394 g/mol. The Labute approximate surface area is 182 Å². The molecule has 0 atom stereocenters. The largest absolute Gasteiger partial charge is 0.497 e. The van der Waals surface area contributed by atoms with E-state index in [1.807, 2.05) is 43.3 Å². The minimum atomic E-state index is -0.0525. The number of methoxy groups -OCH3 is 1. The number of aromatic nitrogens is 1. The van der Waals surface area contributed by atoms with Gasteiger partial charge in [0.1, 0.15) is 5.75 Å². The fourth-order valence-electron chi connectivity index (χ4n) is 4.11. The smallest absolute Gasteiger partial charge is 0.253 e. The Morgan fingerprint density at radius 1 is 1.17 bits per heavy atom. The number of hydrogen-bond donors (Lipinski definition) is 2. The van der Waals surface area contributed by atoms with Gasteiger partial charge in [0.2, 0.25) is 0 Å². The van der Waals surface area contributed by atoms with E-state index in [0.717, 1.165) is 46.3 Å². The number of aryl methyl sites for hydroxylation is 1. The van der Waals surface area contributed by atoms with Crippen LogP contribution in [0.1, 0.15) is 36.8 Å². The van der Waals surface area contributed by atoms with Crippen LogP contribution in [0, 0.1) is 6.92 Å². The lowest BCUT2D eigenvalue weighted by molar-refractivity contribution is 0.311. The second kappa shape index (κ2) is 8.88. The molecule has 5 nitrogen and oxygen atoms in total. The van der Waals surface area contributed by atoms with Crippen LogP contribution < -0.4 is 15.6 Å². The van der Waals surface area contributed by atoms with Crippen LogP contribution >= 0.6 is 12.2 Å². The summed E-state index contributed by atoms with van der Waals surface area (Å²) in [6.45, 7) is 2.52. The molecule has 1 aliphatic rings. The van der Waals surface area contributed by atoms with Crippen LogP contribution in [-0.2, 0) is 6.54 Å². The quantitative estimate of drug-likeness (QED) is 0.569. The molecular formula is C24H27N3O2S. The van der Waals surface area contributed by atoms with E-state index in [4.69, 9.17) is 17.0 Å². The Morgan fingerprint density at radius 2 is 1.90 bits per heavy atom. The van der Waals surface area contributed by atoms with E-state index in [9.17, 15) is 4.79 Å². The molecule has 0 amide bonds. The summed E-state index contributed by atoms with van der Waals surface area (Å²) in [4.78, 5) is 18.0. The van der Waals surface area contributed by atoms with Gasteiger partial charge in [0, 0.05) is 22.8 Å². The average molecular weight is 422 g/mol. The van der Waals surface area contributed by atoms with E-state index < -0.39 is 0 Å². The van der Waals surface area contributed by atoms with E-state index in [1.165, 1.54) is 12.8 Å². The van der Waals surface area contributed by atoms with Gasteiger partial charge < -0.3 is 19.9 Å². The number of rotatable bonds is 5. The van der Waals surface area contributed by atoms with Gasteiger partial charge in [-0.2, -0.15) is 0 Å². The molecule has 1 aliphatic carbocycles. The van der Waals surface area contributed by atoms with E-state index in [1.54, 1.807) is 7.11 Å². The van der Waals surface area contributed by atoms with E-state index in [0.29, 0.717) is 17.7 Å². The predicted octanol–water partition coefficient (Wildman–Crippen LogP) is 4.99. The first kappa shape index (κ1) is 20.4. The average Bonchev–Trinajstić information content (AvgIpc) is 3.27. The highest BCUT2D eigenvalue weighted by atomic mass is 32.1. The normalized spacial score (nSPS) is 14.1. The molecule has 0 aliphatic heterocycles. The van der Waals surface area contributed by atoms with Crippen LogP contribution in [0.2, 0.25) is 0 Å². The third kappa shape index (κ3) is 4.49. The number of benzene rings is 2. The summed E-state index contributed by atoms with van der Waals surface area (Å²) >= 11 is 5.78. The predicted molar refractivity (Wildman–Crippen MR) is 126 cm³/mol. The first-order valence-corrected chi connectivity index (χ1v) is 10.8. The number of thiocarbonyl (C=S) groups is 1. The van der Waals surface area contributed by atoms with E-state index in [-0.39, 0.29) is 5.56 Å². The van der Waals surface area contributed by atoms with Gasteiger partial charge in [0.15, 0.2) is 5.11 Å². The van der Waals surface area contributed by atoms with Crippen LogP contribution in [0.15, 0.2) is 53.3 Å². The minimum absolute atomic E-state index is 0.0525. The Kier molecular flexibility index (Phi) is 6.04. The van der Waals surface area contributed by atoms with Crippen molar-refractivity contribution in [2.24, 2.45) is 0 Å². The van der Waals surface area contributed by atoms with Crippen molar-refractivity contribution in [3.63, 3.8) is 0 Å². The maximum absolute atomic E-state index is 12.8. The molecule has 2 N–H and O–H groups in total. The molecule has 0 spiro atoms. The Morgan fingerprint density at radius 3 is 2.60 bits per heavy atom. The highest BCUT2D eigenvalue weighted by Gasteiger charge is 2.25. The van der Waals surface area contributed by atoms with Crippen molar-refractivity contribution >= 4 is 33.9 Å². The second-order valence-electron chi connectivity index (χ2n) is 7.94. The van der Waals surface area contributed by atoms with Gasteiger partial charge in [-0.1, -0.05) is 25.0 Å². The van der Waals surface area contributed by atoms with E-state index >= 15 is 0 Å². The van der Waals surface area contributed by atoms with Crippen molar-refractivity contribution in [2.45, 2.75) is 45.2 Å². The van der Waals surface area contributed by atoms with Gasteiger partial charge in [-0.05, 0) is 79.3 Å². The highest BCUT2D eigenvalue weighted by molar-refractivity contribution is 7.80.